The first-order valence-corrected chi connectivity index (χ1v) is 8.50. The Kier molecular flexibility index (Phi) is 10.1. The first-order chi connectivity index (χ1) is 11.6. The van der Waals surface area contributed by atoms with E-state index in [4.69, 9.17) is 9.84 Å². The summed E-state index contributed by atoms with van der Waals surface area (Å²) in [5, 5.41) is 11.1. The number of carboxylic acid groups (broad SMARTS) is 1. The van der Waals surface area contributed by atoms with E-state index >= 15 is 0 Å². The van der Waals surface area contributed by atoms with Crippen LogP contribution in [0.25, 0.3) is 0 Å². The summed E-state index contributed by atoms with van der Waals surface area (Å²) in [4.78, 5) is 21.9. The van der Waals surface area contributed by atoms with E-state index < -0.39 is 12.2 Å². The molecule has 0 aromatic heterocycles. The van der Waals surface area contributed by atoms with Gasteiger partial charge in [-0.05, 0) is 49.8 Å². The third-order valence-electron chi connectivity index (χ3n) is 3.49. The van der Waals surface area contributed by atoms with Crippen molar-refractivity contribution in [1.29, 1.82) is 0 Å². The molecule has 134 valence electrons. The Morgan fingerprint density at radius 1 is 1.04 bits per heavy atom. The zero-order valence-electron chi connectivity index (χ0n) is 14.3. The van der Waals surface area contributed by atoms with Gasteiger partial charge in [-0.2, -0.15) is 0 Å². The van der Waals surface area contributed by atoms with Crippen LogP contribution in [0, 0.1) is 0 Å². The maximum atomic E-state index is 11.7. The molecule has 0 radical (unpaired) electrons. The molecule has 1 aromatic carbocycles. The summed E-state index contributed by atoms with van der Waals surface area (Å²) in [5.41, 5.74) is 1.85. The van der Waals surface area contributed by atoms with Crippen LogP contribution in [0.4, 0.5) is 15.3 Å². The van der Waals surface area contributed by atoms with E-state index in [0.717, 1.165) is 49.8 Å². The van der Waals surface area contributed by atoms with E-state index in [1.54, 1.807) is 0 Å². The van der Waals surface area contributed by atoms with Gasteiger partial charge in [-0.1, -0.05) is 31.9 Å². The number of carbonyl (C=O) groups excluding carboxylic acids is 1. The van der Waals surface area contributed by atoms with E-state index in [1.165, 1.54) is 0 Å². The van der Waals surface area contributed by atoms with Crippen molar-refractivity contribution in [2.24, 2.45) is 0 Å². The van der Waals surface area contributed by atoms with Gasteiger partial charge in [-0.15, -0.1) is 0 Å². The van der Waals surface area contributed by atoms with E-state index in [2.05, 4.69) is 17.0 Å². The van der Waals surface area contributed by atoms with Crippen molar-refractivity contribution < 1.29 is 24.2 Å². The number of aryl methyl sites for hydroxylation is 1. The fourth-order valence-electron chi connectivity index (χ4n) is 2.24. The van der Waals surface area contributed by atoms with Gasteiger partial charge in [0.2, 0.25) is 0 Å². The number of anilines is 1. The lowest BCUT2D eigenvalue weighted by Gasteiger charge is -2.08. The molecule has 1 amide bonds. The predicted octanol–water partition coefficient (Wildman–Crippen LogP) is 4.83. The highest BCUT2D eigenvalue weighted by Crippen LogP contribution is 2.14. The predicted molar refractivity (Wildman–Crippen MR) is 92.5 cm³/mol. The molecule has 0 bridgehead atoms. The van der Waals surface area contributed by atoms with Gasteiger partial charge >= 0.3 is 12.2 Å². The molecular formula is C18H27NO5. The number of amides is 1. The molecule has 6 heteroatoms. The molecule has 2 N–H and O–H groups in total. The number of benzene rings is 1. The first kappa shape index (κ1) is 19.8. The quantitative estimate of drug-likeness (QED) is 0.446. The molecule has 0 heterocycles. The lowest BCUT2D eigenvalue weighted by molar-refractivity contribution is 0.0900. The number of nitrogens with one attached hydrogen (secondary N) is 1. The third-order valence-corrected chi connectivity index (χ3v) is 3.49. The normalized spacial score (nSPS) is 10.2. The molecule has 24 heavy (non-hydrogen) atoms. The van der Waals surface area contributed by atoms with Crippen LogP contribution in [-0.2, 0) is 15.9 Å². The van der Waals surface area contributed by atoms with E-state index in [9.17, 15) is 9.59 Å². The van der Waals surface area contributed by atoms with Gasteiger partial charge in [0.05, 0.1) is 13.2 Å². The Bertz CT molecular complexity index is 504. The van der Waals surface area contributed by atoms with Crippen LogP contribution in [0.15, 0.2) is 24.3 Å². The highest BCUT2D eigenvalue weighted by atomic mass is 16.7. The van der Waals surface area contributed by atoms with Crippen molar-refractivity contribution in [2.75, 3.05) is 18.5 Å². The van der Waals surface area contributed by atoms with Crippen LogP contribution in [0.5, 0.6) is 0 Å². The number of ether oxygens (including phenoxy) is 2. The van der Waals surface area contributed by atoms with Gasteiger partial charge in [0.25, 0.3) is 0 Å². The van der Waals surface area contributed by atoms with Crippen LogP contribution in [-0.4, -0.2) is 30.6 Å². The second kappa shape index (κ2) is 12.2. The molecule has 0 saturated carbocycles. The Morgan fingerprint density at radius 3 is 2.54 bits per heavy atom. The van der Waals surface area contributed by atoms with Crippen molar-refractivity contribution in [3.63, 3.8) is 0 Å². The fourth-order valence-corrected chi connectivity index (χ4v) is 2.24. The summed E-state index contributed by atoms with van der Waals surface area (Å²) in [7, 11) is 0. The van der Waals surface area contributed by atoms with Crippen LogP contribution in [0.2, 0.25) is 0 Å². The fraction of sp³-hybridized carbons (Fsp3) is 0.556. The first-order valence-electron chi connectivity index (χ1n) is 8.50. The monoisotopic (exact) mass is 337 g/mol. The molecule has 0 unspecified atom stereocenters. The summed E-state index contributed by atoms with van der Waals surface area (Å²) in [5.74, 6) is 0. The maximum Gasteiger partial charge on any atom is 0.505 e. The van der Waals surface area contributed by atoms with Crippen LogP contribution >= 0.6 is 0 Å². The summed E-state index contributed by atoms with van der Waals surface area (Å²) in [6.07, 6.45) is 4.80. The molecular weight excluding hydrogens is 310 g/mol. The van der Waals surface area contributed by atoms with Crippen LogP contribution < -0.4 is 5.32 Å². The third kappa shape index (κ3) is 9.71. The number of rotatable bonds is 11. The number of hydrogen-bond acceptors (Lipinski definition) is 4. The second-order valence-electron chi connectivity index (χ2n) is 5.59. The van der Waals surface area contributed by atoms with Gasteiger partial charge in [-0.25, -0.2) is 9.59 Å². The minimum Gasteiger partial charge on any atom is -0.450 e. The Balaban J connectivity index is 2.25. The lowest BCUT2D eigenvalue weighted by atomic mass is 10.1. The van der Waals surface area contributed by atoms with E-state index in [0.29, 0.717) is 13.0 Å². The summed E-state index contributed by atoms with van der Waals surface area (Å²) in [6, 6.07) is 7.67. The van der Waals surface area contributed by atoms with Crippen molar-refractivity contribution in [2.45, 2.75) is 51.9 Å². The molecule has 0 aliphatic rings. The van der Waals surface area contributed by atoms with Gasteiger partial charge in [0.1, 0.15) is 0 Å². The lowest BCUT2D eigenvalue weighted by Crippen LogP contribution is -2.14. The largest absolute Gasteiger partial charge is 0.505 e. The Labute approximate surface area is 143 Å². The highest BCUT2D eigenvalue weighted by Gasteiger charge is 2.04. The SMILES string of the molecule is CCCCCOC(=O)Nc1cccc(CCCCCOC(=O)O)c1. The van der Waals surface area contributed by atoms with Gasteiger partial charge in [0, 0.05) is 5.69 Å². The molecule has 0 atom stereocenters. The summed E-state index contributed by atoms with van der Waals surface area (Å²) >= 11 is 0. The van der Waals surface area contributed by atoms with Crippen LogP contribution in [0.3, 0.4) is 0 Å². The smallest absolute Gasteiger partial charge is 0.450 e. The minimum absolute atomic E-state index is 0.237. The van der Waals surface area contributed by atoms with Crippen molar-refractivity contribution in [3.05, 3.63) is 29.8 Å². The zero-order valence-corrected chi connectivity index (χ0v) is 14.3. The molecule has 0 saturated heterocycles. The summed E-state index contributed by atoms with van der Waals surface area (Å²) in [6.45, 7) is 2.78. The van der Waals surface area contributed by atoms with Crippen LogP contribution in [0.1, 0.15) is 51.0 Å². The zero-order chi connectivity index (χ0) is 17.6. The minimum atomic E-state index is -1.23. The average Bonchev–Trinajstić information content (AvgIpc) is 2.55. The van der Waals surface area contributed by atoms with Crippen molar-refractivity contribution in [3.8, 4) is 0 Å². The Hall–Kier alpha value is -2.24. The number of carbonyl (C=O) groups is 2. The average molecular weight is 337 g/mol. The van der Waals surface area contributed by atoms with Crippen molar-refractivity contribution >= 4 is 17.9 Å². The van der Waals surface area contributed by atoms with Gasteiger partial charge in [0.15, 0.2) is 0 Å². The Morgan fingerprint density at radius 2 is 1.79 bits per heavy atom. The second-order valence-corrected chi connectivity index (χ2v) is 5.59. The molecule has 6 nitrogen and oxygen atoms in total. The topological polar surface area (TPSA) is 84.9 Å². The molecule has 1 aromatic rings. The van der Waals surface area contributed by atoms with Gasteiger partial charge < -0.3 is 14.6 Å². The molecule has 0 aliphatic carbocycles. The number of hydrogen-bond donors (Lipinski definition) is 2. The highest BCUT2D eigenvalue weighted by molar-refractivity contribution is 5.84. The molecule has 1 rings (SSSR count). The van der Waals surface area contributed by atoms with E-state index in [1.807, 2.05) is 24.3 Å². The van der Waals surface area contributed by atoms with E-state index in [-0.39, 0.29) is 6.61 Å². The molecule has 0 aliphatic heterocycles. The molecule has 0 spiro atoms. The summed E-state index contributed by atoms with van der Waals surface area (Å²) < 4.78 is 9.58. The maximum absolute atomic E-state index is 11.7. The van der Waals surface area contributed by atoms with Crippen molar-refractivity contribution in [1.82, 2.24) is 0 Å². The number of unbranched alkanes of at least 4 members (excludes halogenated alkanes) is 4. The van der Waals surface area contributed by atoms with Gasteiger partial charge in [-0.3, -0.25) is 5.32 Å². The standard InChI is InChI=1S/C18H27NO5/c1-2-3-6-12-23-17(20)19-16-11-8-10-15(14-16)9-5-4-7-13-24-18(21)22/h8,10-11,14H,2-7,9,12-13H2,1H3,(H,19,20)(H,21,22). The molecule has 0 fully saturated rings.